The zero-order chi connectivity index (χ0) is 13.9. The van der Waals surface area contributed by atoms with Crippen molar-refractivity contribution in [3.8, 4) is 0 Å². The van der Waals surface area contributed by atoms with Gasteiger partial charge in [0.1, 0.15) is 11.4 Å². The minimum Gasteiger partial charge on any atom is -0.480 e. The number of carbonyl (C=O) groups is 1. The Kier molecular flexibility index (Phi) is 4.20. The number of aliphatic carboxylic acids is 1. The Morgan fingerprint density at radius 1 is 1.32 bits per heavy atom. The van der Waals surface area contributed by atoms with E-state index in [-0.39, 0.29) is 12.2 Å². The molecule has 0 aromatic heterocycles. The maximum atomic E-state index is 13.7. The molecule has 1 aromatic carbocycles. The number of nitrogens with zero attached hydrogens (tertiary/aromatic N) is 1. The van der Waals surface area contributed by atoms with Gasteiger partial charge in [-0.1, -0.05) is 24.6 Å². The smallest absolute Gasteiger partial charge is 0.324 e. The van der Waals surface area contributed by atoms with Crippen LogP contribution in [0.1, 0.15) is 31.7 Å². The van der Waals surface area contributed by atoms with Gasteiger partial charge in [0.25, 0.3) is 0 Å². The quantitative estimate of drug-likeness (QED) is 0.910. The number of carboxylic acid groups (broad SMARTS) is 1. The highest BCUT2D eigenvalue weighted by Crippen LogP contribution is 2.26. The van der Waals surface area contributed by atoms with Gasteiger partial charge in [0.2, 0.25) is 0 Å². The maximum absolute atomic E-state index is 13.7. The van der Waals surface area contributed by atoms with Crippen molar-refractivity contribution in [2.75, 3.05) is 13.1 Å². The van der Waals surface area contributed by atoms with Crippen LogP contribution in [0.3, 0.4) is 0 Å². The van der Waals surface area contributed by atoms with Crippen molar-refractivity contribution in [2.45, 2.75) is 38.1 Å². The topological polar surface area (TPSA) is 40.5 Å². The molecule has 1 saturated heterocycles. The van der Waals surface area contributed by atoms with Crippen molar-refractivity contribution in [1.82, 2.24) is 4.90 Å². The third-order valence-corrected chi connectivity index (χ3v) is 4.01. The van der Waals surface area contributed by atoms with E-state index >= 15 is 0 Å². The number of piperidine rings is 1. The van der Waals surface area contributed by atoms with Crippen LogP contribution in [0.4, 0.5) is 4.39 Å². The van der Waals surface area contributed by atoms with Gasteiger partial charge in [-0.2, -0.15) is 0 Å². The molecule has 0 bridgehead atoms. The number of rotatable bonds is 4. The summed E-state index contributed by atoms with van der Waals surface area (Å²) in [5, 5.41) is 9.57. The maximum Gasteiger partial charge on any atom is 0.324 e. The summed E-state index contributed by atoms with van der Waals surface area (Å²) in [6, 6.07) is 6.42. The first kappa shape index (κ1) is 14.0. The van der Waals surface area contributed by atoms with Gasteiger partial charge in [-0.25, -0.2) is 4.39 Å². The van der Waals surface area contributed by atoms with Gasteiger partial charge in [0.15, 0.2) is 0 Å². The highest BCUT2D eigenvalue weighted by molar-refractivity contribution is 5.78. The summed E-state index contributed by atoms with van der Waals surface area (Å²) in [6.45, 7) is 3.25. The molecule has 1 aliphatic heterocycles. The summed E-state index contributed by atoms with van der Waals surface area (Å²) >= 11 is 0. The van der Waals surface area contributed by atoms with E-state index in [4.69, 9.17) is 0 Å². The fraction of sp³-hybridized carbons (Fsp3) is 0.533. The molecule has 0 saturated carbocycles. The van der Waals surface area contributed by atoms with E-state index < -0.39 is 11.5 Å². The Hall–Kier alpha value is -1.42. The molecule has 1 N–H and O–H groups in total. The number of carboxylic acids is 1. The molecule has 0 aliphatic carbocycles. The number of likely N-dealkylation sites (tertiary alicyclic amines) is 1. The van der Waals surface area contributed by atoms with Crippen LogP contribution in [0.2, 0.25) is 0 Å². The Bertz CT molecular complexity index is 457. The zero-order valence-corrected chi connectivity index (χ0v) is 11.2. The highest BCUT2D eigenvalue weighted by atomic mass is 19.1. The minimum absolute atomic E-state index is 0.203. The molecular weight excluding hydrogens is 245 g/mol. The number of hydrogen-bond acceptors (Lipinski definition) is 2. The number of benzene rings is 1. The second-order valence-electron chi connectivity index (χ2n) is 5.39. The molecule has 1 atom stereocenters. The van der Waals surface area contributed by atoms with E-state index in [1.807, 2.05) is 4.90 Å². The normalized spacial score (nSPS) is 19.9. The van der Waals surface area contributed by atoms with Gasteiger partial charge in [-0.15, -0.1) is 0 Å². The molecule has 3 nitrogen and oxygen atoms in total. The summed E-state index contributed by atoms with van der Waals surface area (Å²) < 4.78 is 13.7. The van der Waals surface area contributed by atoms with Crippen molar-refractivity contribution in [2.24, 2.45) is 0 Å². The molecule has 2 rings (SSSR count). The van der Waals surface area contributed by atoms with Crippen molar-refractivity contribution < 1.29 is 14.3 Å². The third-order valence-electron chi connectivity index (χ3n) is 4.01. The zero-order valence-electron chi connectivity index (χ0n) is 11.2. The van der Waals surface area contributed by atoms with Crippen LogP contribution in [0, 0.1) is 5.82 Å². The molecule has 104 valence electrons. The molecule has 1 aliphatic rings. The van der Waals surface area contributed by atoms with E-state index in [0.717, 1.165) is 32.4 Å². The molecule has 0 amide bonds. The summed E-state index contributed by atoms with van der Waals surface area (Å²) in [5.74, 6) is -1.20. The monoisotopic (exact) mass is 265 g/mol. The van der Waals surface area contributed by atoms with Crippen molar-refractivity contribution in [3.63, 3.8) is 0 Å². The largest absolute Gasteiger partial charge is 0.480 e. The SMILES string of the molecule is CC(Cc1ccccc1F)(C(=O)O)N1CCCCC1. The molecule has 1 unspecified atom stereocenters. The summed E-state index contributed by atoms with van der Waals surface area (Å²) in [7, 11) is 0. The van der Waals surface area contributed by atoms with E-state index in [0.29, 0.717) is 5.56 Å². The molecule has 19 heavy (non-hydrogen) atoms. The van der Waals surface area contributed by atoms with Gasteiger partial charge in [-0.05, 0) is 44.5 Å². The molecular formula is C15H20FNO2. The number of hydrogen-bond donors (Lipinski definition) is 1. The van der Waals surface area contributed by atoms with E-state index in [1.54, 1.807) is 25.1 Å². The molecule has 1 heterocycles. The second kappa shape index (κ2) is 5.70. The number of halogens is 1. The van der Waals surface area contributed by atoms with Gasteiger partial charge < -0.3 is 5.11 Å². The summed E-state index contributed by atoms with van der Waals surface area (Å²) in [5.41, 5.74) is -0.555. The van der Waals surface area contributed by atoms with Crippen LogP contribution in [0.15, 0.2) is 24.3 Å². The van der Waals surface area contributed by atoms with Crippen LogP contribution in [0.25, 0.3) is 0 Å². The standard InChI is InChI=1S/C15H20FNO2/c1-15(14(18)19,17-9-5-2-6-10-17)11-12-7-3-4-8-13(12)16/h3-4,7-8H,2,5-6,9-11H2,1H3,(H,18,19). The van der Waals surface area contributed by atoms with Crippen molar-refractivity contribution >= 4 is 5.97 Å². The average molecular weight is 265 g/mol. The second-order valence-corrected chi connectivity index (χ2v) is 5.39. The van der Waals surface area contributed by atoms with Crippen LogP contribution < -0.4 is 0 Å². The van der Waals surface area contributed by atoms with Crippen LogP contribution in [0.5, 0.6) is 0 Å². The van der Waals surface area contributed by atoms with Gasteiger partial charge in [-0.3, -0.25) is 9.69 Å². The lowest BCUT2D eigenvalue weighted by molar-refractivity contribution is -0.151. The summed E-state index contributed by atoms with van der Waals surface area (Å²) in [4.78, 5) is 13.6. The summed E-state index contributed by atoms with van der Waals surface area (Å²) in [6.07, 6.45) is 3.38. The molecule has 0 spiro atoms. The fourth-order valence-corrected chi connectivity index (χ4v) is 2.72. The van der Waals surface area contributed by atoms with Gasteiger partial charge >= 0.3 is 5.97 Å². The molecule has 1 aromatic rings. The van der Waals surface area contributed by atoms with Gasteiger partial charge in [0.05, 0.1) is 0 Å². The Balaban J connectivity index is 2.24. The lowest BCUT2D eigenvalue weighted by Gasteiger charge is -2.40. The average Bonchev–Trinajstić information content (AvgIpc) is 2.42. The molecule has 0 radical (unpaired) electrons. The lowest BCUT2D eigenvalue weighted by atomic mass is 9.89. The predicted molar refractivity (Wildman–Crippen MR) is 71.6 cm³/mol. The highest BCUT2D eigenvalue weighted by Gasteiger charge is 2.40. The van der Waals surface area contributed by atoms with Crippen LogP contribution in [-0.2, 0) is 11.2 Å². The first-order valence-corrected chi connectivity index (χ1v) is 6.76. The van der Waals surface area contributed by atoms with Gasteiger partial charge in [0, 0.05) is 6.42 Å². The van der Waals surface area contributed by atoms with Crippen LogP contribution in [-0.4, -0.2) is 34.6 Å². The Labute approximate surface area is 113 Å². The van der Waals surface area contributed by atoms with Crippen LogP contribution >= 0.6 is 0 Å². The van der Waals surface area contributed by atoms with E-state index in [1.165, 1.54) is 6.07 Å². The molecule has 1 fully saturated rings. The first-order chi connectivity index (χ1) is 9.04. The Morgan fingerprint density at radius 2 is 1.95 bits per heavy atom. The van der Waals surface area contributed by atoms with Crippen molar-refractivity contribution in [3.05, 3.63) is 35.6 Å². The minimum atomic E-state index is -1.03. The Morgan fingerprint density at radius 3 is 2.53 bits per heavy atom. The van der Waals surface area contributed by atoms with Crippen molar-refractivity contribution in [1.29, 1.82) is 0 Å². The first-order valence-electron chi connectivity index (χ1n) is 6.76. The van der Waals surface area contributed by atoms with E-state index in [9.17, 15) is 14.3 Å². The molecule has 4 heteroatoms. The lowest BCUT2D eigenvalue weighted by Crippen LogP contribution is -2.55. The van der Waals surface area contributed by atoms with E-state index in [2.05, 4.69) is 0 Å². The fourth-order valence-electron chi connectivity index (χ4n) is 2.72. The third kappa shape index (κ3) is 2.95. The predicted octanol–water partition coefficient (Wildman–Crippen LogP) is 2.70.